The summed E-state index contributed by atoms with van der Waals surface area (Å²) in [5.74, 6) is -1.21. The third kappa shape index (κ3) is 8.14. The molecule has 4 atom stereocenters. The number of amides is 2. The van der Waals surface area contributed by atoms with Gasteiger partial charge in [0, 0.05) is 12.6 Å². The second kappa shape index (κ2) is 13.1. The van der Waals surface area contributed by atoms with Gasteiger partial charge in [-0.2, -0.15) is 0 Å². The zero-order valence-corrected chi connectivity index (χ0v) is 21.4. The van der Waals surface area contributed by atoms with Crippen LogP contribution in [-0.2, 0) is 23.8 Å². The van der Waals surface area contributed by atoms with Gasteiger partial charge in [-0.3, -0.25) is 9.69 Å². The van der Waals surface area contributed by atoms with Crippen molar-refractivity contribution in [3.63, 3.8) is 0 Å². The molecule has 0 spiro atoms. The SMILES string of the molecule is CCCCOC[C@H](NC(=O)C1(C(C)O)CCC(C)N1C(=O)OC(C)(C)C)C(=O)OCCCC. The Labute approximate surface area is 198 Å². The topological polar surface area (TPSA) is 114 Å². The predicted molar refractivity (Wildman–Crippen MR) is 125 cm³/mol. The maximum absolute atomic E-state index is 13.6. The molecule has 0 bridgehead atoms. The Balaban J connectivity index is 3.13. The van der Waals surface area contributed by atoms with Crippen LogP contribution in [0.2, 0.25) is 0 Å². The first kappa shape index (κ1) is 29.2. The number of likely N-dealkylation sites (tertiary alicyclic amines) is 1. The zero-order valence-electron chi connectivity index (χ0n) is 21.4. The highest BCUT2D eigenvalue weighted by atomic mass is 16.6. The molecule has 1 rings (SSSR count). The molecule has 0 aliphatic carbocycles. The highest BCUT2D eigenvalue weighted by molar-refractivity contribution is 5.94. The Bertz CT molecular complexity index is 647. The lowest BCUT2D eigenvalue weighted by atomic mass is 9.88. The number of nitrogens with zero attached hydrogens (tertiary/aromatic N) is 1. The van der Waals surface area contributed by atoms with E-state index in [-0.39, 0.29) is 25.7 Å². The minimum atomic E-state index is -1.56. The van der Waals surface area contributed by atoms with Crippen molar-refractivity contribution in [3.05, 3.63) is 0 Å². The monoisotopic (exact) mass is 472 g/mol. The molecule has 1 heterocycles. The largest absolute Gasteiger partial charge is 0.464 e. The van der Waals surface area contributed by atoms with Crippen LogP contribution >= 0.6 is 0 Å². The number of carbonyl (C=O) groups is 3. The number of hydrogen-bond donors (Lipinski definition) is 2. The molecule has 1 fully saturated rings. The first-order chi connectivity index (χ1) is 15.4. The molecule has 3 unspecified atom stereocenters. The quantitative estimate of drug-likeness (QED) is 0.331. The number of nitrogens with one attached hydrogen (secondary N) is 1. The Morgan fingerprint density at radius 2 is 1.76 bits per heavy atom. The van der Waals surface area contributed by atoms with Gasteiger partial charge in [0.05, 0.1) is 19.3 Å². The fraction of sp³-hybridized carbons (Fsp3) is 0.875. The van der Waals surface area contributed by atoms with Crippen LogP contribution in [0.1, 0.15) is 87.0 Å². The maximum Gasteiger partial charge on any atom is 0.411 e. The molecular formula is C24H44N2O7. The molecule has 0 aromatic heterocycles. The minimum Gasteiger partial charge on any atom is -0.464 e. The fourth-order valence-corrected chi connectivity index (χ4v) is 3.87. The summed E-state index contributed by atoms with van der Waals surface area (Å²) < 4.78 is 16.5. The maximum atomic E-state index is 13.6. The standard InChI is InChI=1S/C24H44N2O7/c1-8-10-14-31-16-19(20(28)32-15-11-9-2)25-21(29)24(18(4)27)13-12-17(3)26(24)22(30)33-23(5,6)7/h17-19,27H,8-16H2,1-7H3,(H,25,29)/t17?,18?,19-,24?/m0/s1. The van der Waals surface area contributed by atoms with Crippen molar-refractivity contribution in [2.24, 2.45) is 0 Å². The minimum absolute atomic E-state index is 0.0470. The van der Waals surface area contributed by atoms with E-state index in [0.29, 0.717) is 19.4 Å². The second-order valence-electron chi connectivity index (χ2n) is 9.81. The van der Waals surface area contributed by atoms with E-state index in [0.717, 1.165) is 19.3 Å². The third-order valence-electron chi connectivity index (χ3n) is 5.75. The Morgan fingerprint density at radius 1 is 1.15 bits per heavy atom. The van der Waals surface area contributed by atoms with Gasteiger partial charge in [0.15, 0.2) is 11.6 Å². The Hall–Kier alpha value is -1.87. The van der Waals surface area contributed by atoms with Gasteiger partial charge in [-0.1, -0.05) is 26.7 Å². The van der Waals surface area contributed by atoms with E-state index < -0.39 is 41.3 Å². The van der Waals surface area contributed by atoms with Crippen LogP contribution < -0.4 is 5.32 Å². The van der Waals surface area contributed by atoms with Crippen LogP contribution in [0.25, 0.3) is 0 Å². The van der Waals surface area contributed by atoms with E-state index in [2.05, 4.69) is 5.32 Å². The van der Waals surface area contributed by atoms with Gasteiger partial charge in [-0.15, -0.1) is 0 Å². The van der Waals surface area contributed by atoms with E-state index >= 15 is 0 Å². The summed E-state index contributed by atoms with van der Waals surface area (Å²) in [5, 5.41) is 13.4. The fourth-order valence-electron chi connectivity index (χ4n) is 3.87. The Morgan fingerprint density at radius 3 is 2.30 bits per heavy atom. The van der Waals surface area contributed by atoms with Crippen LogP contribution in [0.15, 0.2) is 0 Å². The average Bonchev–Trinajstić information content (AvgIpc) is 3.07. The van der Waals surface area contributed by atoms with Crippen LogP contribution in [-0.4, -0.2) is 77.1 Å². The molecular weight excluding hydrogens is 428 g/mol. The number of aliphatic hydroxyl groups is 1. The van der Waals surface area contributed by atoms with Crippen LogP contribution in [0.3, 0.4) is 0 Å². The molecule has 192 valence electrons. The van der Waals surface area contributed by atoms with Crippen molar-refractivity contribution in [1.29, 1.82) is 0 Å². The summed E-state index contributed by atoms with van der Waals surface area (Å²) in [6.07, 6.45) is 2.23. The molecule has 1 aliphatic heterocycles. The lowest BCUT2D eigenvalue weighted by Crippen LogP contribution is -2.66. The van der Waals surface area contributed by atoms with E-state index in [1.165, 1.54) is 11.8 Å². The lowest BCUT2D eigenvalue weighted by molar-refractivity contribution is -0.153. The highest BCUT2D eigenvalue weighted by Crippen LogP contribution is 2.38. The average molecular weight is 473 g/mol. The van der Waals surface area contributed by atoms with Crippen LogP contribution in [0.5, 0.6) is 0 Å². The van der Waals surface area contributed by atoms with Gasteiger partial charge in [-0.25, -0.2) is 9.59 Å². The number of rotatable bonds is 12. The van der Waals surface area contributed by atoms with E-state index in [9.17, 15) is 19.5 Å². The molecule has 0 radical (unpaired) electrons. The molecule has 0 aromatic carbocycles. The first-order valence-corrected chi connectivity index (χ1v) is 12.2. The molecule has 1 aliphatic rings. The lowest BCUT2D eigenvalue weighted by Gasteiger charge is -2.42. The molecule has 9 nitrogen and oxygen atoms in total. The number of ether oxygens (including phenoxy) is 3. The van der Waals surface area contributed by atoms with Crippen LogP contribution in [0.4, 0.5) is 4.79 Å². The number of hydrogen-bond acceptors (Lipinski definition) is 7. The number of carbonyl (C=O) groups excluding carboxylic acids is 3. The summed E-state index contributed by atoms with van der Waals surface area (Å²) in [6, 6.07) is -1.37. The normalized spacial score (nSPS) is 22.5. The number of aliphatic hydroxyl groups excluding tert-OH is 1. The van der Waals surface area contributed by atoms with Crippen molar-refractivity contribution < 1.29 is 33.7 Å². The summed E-state index contributed by atoms with van der Waals surface area (Å²) >= 11 is 0. The van der Waals surface area contributed by atoms with Gasteiger partial charge in [0.25, 0.3) is 0 Å². The van der Waals surface area contributed by atoms with Crippen molar-refractivity contribution in [3.8, 4) is 0 Å². The van der Waals surface area contributed by atoms with Crippen molar-refractivity contribution in [1.82, 2.24) is 10.2 Å². The van der Waals surface area contributed by atoms with Gasteiger partial charge < -0.3 is 24.6 Å². The summed E-state index contributed by atoms with van der Waals surface area (Å²) in [5.41, 5.74) is -2.33. The van der Waals surface area contributed by atoms with Crippen molar-refractivity contribution in [2.75, 3.05) is 19.8 Å². The molecule has 2 amide bonds. The molecule has 9 heteroatoms. The summed E-state index contributed by atoms with van der Waals surface area (Å²) in [7, 11) is 0. The van der Waals surface area contributed by atoms with E-state index in [1.807, 2.05) is 20.8 Å². The van der Waals surface area contributed by atoms with Gasteiger partial charge in [0.1, 0.15) is 5.60 Å². The zero-order chi connectivity index (χ0) is 25.2. The predicted octanol–water partition coefficient (Wildman–Crippen LogP) is 3.17. The van der Waals surface area contributed by atoms with Crippen molar-refractivity contribution in [2.45, 2.75) is 116 Å². The van der Waals surface area contributed by atoms with Gasteiger partial charge in [-0.05, 0) is 60.3 Å². The molecule has 1 saturated heterocycles. The molecule has 2 N–H and O–H groups in total. The highest BCUT2D eigenvalue weighted by Gasteiger charge is 2.57. The Kier molecular flexibility index (Phi) is 11.6. The van der Waals surface area contributed by atoms with E-state index in [4.69, 9.17) is 14.2 Å². The summed E-state index contributed by atoms with van der Waals surface area (Å²) in [6.45, 7) is 13.2. The second-order valence-corrected chi connectivity index (χ2v) is 9.81. The molecule has 33 heavy (non-hydrogen) atoms. The first-order valence-electron chi connectivity index (χ1n) is 12.2. The van der Waals surface area contributed by atoms with Gasteiger partial charge >= 0.3 is 12.1 Å². The number of unbranched alkanes of at least 4 members (excludes halogenated alkanes) is 2. The smallest absolute Gasteiger partial charge is 0.411 e. The number of esters is 1. The molecule has 0 saturated carbocycles. The van der Waals surface area contributed by atoms with E-state index in [1.54, 1.807) is 20.8 Å². The van der Waals surface area contributed by atoms with Gasteiger partial charge in [0.2, 0.25) is 5.91 Å². The third-order valence-corrected chi connectivity index (χ3v) is 5.75. The van der Waals surface area contributed by atoms with Crippen molar-refractivity contribution >= 4 is 18.0 Å². The van der Waals surface area contributed by atoms with Crippen LogP contribution in [0, 0.1) is 0 Å². The summed E-state index contributed by atoms with van der Waals surface area (Å²) in [4.78, 5) is 40.6. The molecule has 0 aromatic rings.